The summed E-state index contributed by atoms with van der Waals surface area (Å²) in [6.45, 7) is 3.11. The van der Waals surface area contributed by atoms with Crippen LogP contribution in [-0.4, -0.2) is 20.3 Å². The van der Waals surface area contributed by atoms with Gasteiger partial charge in [0.2, 0.25) is 0 Å². The van der Waals surface area contributed by atoms with Crippen molar-refractivity contribution in [2.75, 3.05) is 5.75 Å². The van der Waals surface area contributed by atoms with Crippen molar-refractivity contribution in [2.24, 2.45) is 0 Å². The maximum Gasteiger partial charge on any atom is 0.123 e. The van der Waals surface area contributed by atoms with Crippen LogP contribution in [0.3, 0.4) is 0 Å². The van der Waals surface area contributed by atoms with Gasteiger partial charge in [-0.1, -0.05) is 25.1 Å². The Kier molecular flexibility index (Phi) is 5.39. The molecule has 0 N–H and O–H groups in total. The van der Waals surface area contributed by atoms with Crippen molar-refractivity contribution < 1.29 is 4.39 Å². The van der Waals surface area contributed by atoms with E-state index in [-0.39, 0.29) is 5.82 Å². The van der Waals surface area contributed by atoms with Gasteiger partial charge in [-0.25, -0.2) is 9.37 Å². The third-order valence-corrected chi connectivity index (χ3v) is 5.83. The van der Waals surface area contributed by atoms with Crippen molar-refractivity contribution >= 4 is 33.7 Å². The highest BCUT2D eigenvalue weighted by atomic mass is 32.2. The lowest BCUT2D eigenvalue weighted by atomic mass is 10.2. The number of nitrogens with zero attached hydrogens (tertiary/aromatic N) is 3. The number of hydrogen-bond acceptors (Lipinski definition) is 3. The van der Waals surface area contributed by atoms with Crippen LogP contribution in [0.1, 0.15) is 25.6 Å². The molecule has 2 heterocycles. The zero-order chi connectivity index (χ0) is 18.6. The topological polar surface area (TPSA) is 30.7 Å². The van der Waals surface area contributed by atoms with Gasteiger partial charge in [0.25, 0.3) is 0 Å². The lowest BCUT2D eigenvalue weighted by Crippen LogP contribution is -2.04. The van der Waals surface area contributed by atoms with Gasteiger partial charge in [-0.3, -0.25) is 4.98 Å². The van der Waals surface area contributed by atoms with E-state index in [4.69, 9.17) is 4.98 Å². The van der Waals surface area contributed by atoms with Gasteiger partial charge >= 0.3 is 0 Å². The van der Waals surface area contributed by atoms with E-state index in [1.54, 1.807) is 11.8 Å². The number of halogens is 1. The Morgan fingerprint density at radius 2 is 1.81 bits per heavy atom. The van der Waals surface area contributed by atoms with Gasteiger partial charge < -0.3 is 4.57 Å². The molecule has 2 aromatic carbocycles. The SMILES string of the molecule is CCc1nc2cnc3ccccc3c2n1CCCCSc1ccc(F)cc1. The zero-order valence-electron chi connectivity index (χ0n) is 15.4. The fraction of sp³-hybridized carbons (Fsp3) is 0.273. The number of aromatic nitrogens is 3. The van der Waals surface area contributed by atoms with E-state index in [9.17, 15) is 4.39 Å². The second kappa shape index (κ2) is 8.09. The first-order valence-electron chi connectivity index (χ1n) is 9.37. The van der Waals surface area contributed by atoms with E-state index in [1.165, 1.54) is 23.0 Å². The summed E-state index contributed by atoms with van der Waals surface area (Å²) in [6, 6.07) is 15.0. The lowest BCUT2D eigenvalue weighted by Gasteiger charge is -2.09. The molecule has 3 nitrogen and oxygen atoms in total. The second-order valence-electron chi connectivity index (χ2n) is 6.55. The molecule has 0 amide bonds. The molecule has 0 aliphatic rings. The predicted molar refractivity (Wildman–Crippen MR) is 111 cm³/mol. The summed E-state index contributed by atoms with van der Waals surface area (Å²) in [4.78, 5) is 10.5. The van der Waals surface area contributed by atoms with E-state index in [2.05, 4.69) is 34.7 Å². The maximum atomic E-state index is 13.0. The third kappa shape index (κ3) is 3.83. The molecule has 0 radical (unpaired) electrons. The molecule has 2 aromatic heterocycles. The van der Waals surface area contributed by atoms with Crippen LogP contribution in [-0.2, 0) is 13.0 Å². The first-order chi connectivity index (χ1) is 13.3. The summed E-state index contributed by atoms with van der Waals surface area (Å²) < 4.78 is 15.3. The van der Waals surface area contributed by atoms with E-state index < -0.39 is 0 Å². The molecule has 0 atom stereocenters. The molecule has 0 aliphatic heterocycles. The lowest BCUT2D eigenvalue weighted by molar-refractivity contribution is 0.623. The van der Waals surface area contributed by atoms with Gasteiger partial charge in [0, 0.05) is 23.2 Å². The molecule has 138 valence electrons. The molecule has 5 heteroatoms. The number of benzene rings is 2. The second-order valence-corrected chi connectivity index (χ2v) is 7.72. The largest absolute Gasteiger partial charge is 0.327 e. The minimum Gasteiger partial charge on any atom is -0.327 e. The Bertz CT molecular complexity index is 1060. The van der Waals surface area contributed by atoms with E-state index >= 15 is 0 Å². The summed E-state index contributed by atoms with van der Waals surface area (Å²) in [6.07, 6.45) is 4.99. The molecule has 0 saturated carbocycles. The van der Waals surface area contributed by atoms with Crippen LogP contribution in [0, 0.1) is 5.82 Å². The molecule has 27 heavy (non-hydrogen) atoms. The number of aryl methyl sites for hydroxylation is 2. The number of fused-ring (bicyclic) bond motifs is 3. The number of thioether (sulfide) groups is 1. The summed E-state index contributed by atoms with van der Waals surface area (Å²) in [5.74, 6) is 1.97. The molecule has 0 bridgehead atoms. The minimum absolute atomic E-state index is 0.180. The van der Waals surface area contributed by atoms with Gasteiger partial charge in [-0.2, -0.15) is 0 Å². The van der Waals surface area contributed by atoms with Crippen LogP contribution < -0.4 is 0 Å². The molecule has 4 aromatic rings. The van der Waals surface area contributed by atoms with E-state index in [0.717, 1.165) is 53.3 Å². The quantitative estimate of drug-likeness (QED) is 0.298. The summed E-state index contributed by atoms with van der Waals surface area (Å²) >= 11 is 1.78. The van der Waals surface area contributed by atoms with Crippen molar-refractivity contribution in [3.8, 4) is 0 Å². The highest BCUT2D eigenvalue weighted by Gasteiger charge is 2.12. The molecule has 0 fully saturated rings. The van der Waals surface area contributed by atoms with Gasteiger partial charge in [0.15, 0.2) is 0 Å². The highest BCUT2D eigenvalue weighted by molar-refractivity contribution is 7.99. The van der Waals surface area contributed by atoms with Crippen LogP contribution in [0.4, 0.5) is 4.39 Å². The number of rotatable bonds is 7. The monoisotopic (exact) mass is 379 g/mol. The Labute approximate surface area is 162 Å². The Hall–Kier alpha value is -2.40. The van der Waals surface area contributed by atoms with Crippen LogP contribution in [0.2, 0.25) is 0 Å². The molecular formula is C22H22FN3S. The average molecular weight is 380 g/mol. The highest BCUT2D eigenvalue weighted by Crippen LogP contribution is 2.26. The standard InChI is InChI=1S/C22H22FN3S/c1-2-21-25-20-15-24-19-8-4-3-7-18(19)22(20)26(21)13-5-6-14-27-17-11-9-16(23)10-12-17/h3-4,7-12,15H,2,5-6,13-14H2,1H3. The van der Waals surface area contributed by atoms with Crippen molar-refractivity contribution in [3.63, 3.8) is 0 Å². The zero-order valence-corrected chi connectivity index (χ0v) is 16.2. The normalized spacial score (nSPS) is 11.5. The van der Waals surface area contributed by atoms with E-state index in [1.807, 2.05) is 24.4 Å². The summed E-state index contributed by atoms with van der Waals surface area (Å²) in [5, 5.41) is 1.17. The number of pyridine rings is 1. The minimum atomic E-state index is -0.180. The van der Waals surface area contributed by atoms with Crippen LogP contribution in [0.5, 0.6) is 0 Å². The van der Waals surface area contributed by atoms with Gasteiger partial charge in [-0.15, -0.1) is 11.8 Å². The Morgan fingerprint density at radius 1 is 1.00 bits per heavy atom. The third-order valence-electron chi connectivity index (χ3n) is 4.73. The first kappa shape index (κ1) is 18.0. The molecule has 0 saturated heterocycles. The molecule has 0 unspecified atom stereocenters. The Balaban J connectivity index is 1.48. The van der Waals surface area contributed by atoms with Crippen LogP contribution >= 0.6 is 11.8 Å². The smallest absolute Gasteiger partial charge is 0.123 e. The van der Waals surface area contributed by atoms with Crippen molar-refractivity contribution in [2.45, 2.75) is 37.6 Å². The fourth-order valence-corrected chi connectivity index (χ4v) is 4.33. The number of hydrogen-bond donors (Lipinski definition) is 0. The van der Waals surface area contributed by atoms with Gasteiger partial charge in [0.05, 0.1) is 17.2 Å². The average Bonchev–Trinajstić information content (AvgIpc) is 3.07. The van der Waals surface area contributed by atoms with Gasteiger partial charge in [-0.05, 0) is 48.9 Å². The number of para-hydroxylation sites is 1. The predicted octanol–water partition coefficient (Wildman–Crippen LogP) is 5.86. The van der Waals surface area contributed by atoms with Crippen molar-refractivity contribution in [3.05, 3.63) is 66.4 Å². The van der Waals surface area contributed by atoms with E-state index in [0.29, 0.717) is 0 Å². The molecule has 0 aliphatic carbocycles. The number of unbranched alkanes of at least 4 members (excludes halogenated alkanes) is 1. The molecule has 4 rings (SSSR count). The van der Waals surface area contributed by atoms with Crippen molar-refractivity contribution in [1.82, 2.24) is 14.5 Å². The summed E-state index contributed by atoms with van der Waals surface area (Å²) in [5.41, 5.74) is 3.19. The van der Waals surface area contributed by atoms with Crippen LogP contribution in [0.15, 0.2) is 59.6 Å². The first-order valence-corrected chi connectivity index (χ1v) is 10.4. The maximum absolute atomic E-state index is 13.0. The Morgan fingerprint density at radius 3 is 2.63 bits per heavy atom. The number of imidazole rings is 1. The fourth-order valence-electron chi connectivity index (χ4n) is 3.41. The summed E-state index contributed by atoms with van der Waals surface area (Å²) in [7, 11) is 0. The van der Waals surface area contributed by atoms with Gasteiger partial charge in [0.1, 0.15) is 17.2 Å². The van der Waals surface area contributed by atoms with Crippen molar-refractivity contribution in [1.29, 1.82) is 0 Å². The van der Waals surface area contributed by atoms with Crippen LogP contribution in [0.25, 0.3) is 21.9 Å². The molecule has 0 spiro atoms. The molecular weight excluding hydrogens is 357 g/mol.